The van der Waals surface area contributed by atoms with Crippen LogP contribution < -0.4 is 4.74 Å². The summed E-state index contributed by atoms with van der Waals surface area (Å²) in [5, 5.41) is 0.916. The van der Waals surface area contributed by atoms with Gasteiger partial charge in [-0.1, -0.05) is 80.1 Å². The molecule has 0 aromatic heterocycles. The smallest absolute Gasteiger partial charge is 0.119 e. The molecule has 0 aliphatic carbocycles. The zero-order chi connectivity index (χ0) is 19.3. The largest absolute Gasteiger partial charge is 0.490 e. The van der Waals surface area contributed by atoms with Crippen molar-refractivity contribution in [1.29, 1.82) is 0 Å². The van der Waals surface area contributed by atoms with Gasteiger partial charge >= 0.3 is 0 Å². The Morgan fingerprint density at radius 1 is 0.852 bits per heavy atom. The lowest BCUT2D eigenvalue weighted by Crippen LogP contribution is -1.95. The molecule has 0 saturated carbocycles. The number of aryl methyl sites for hydroxylation is 3. The van der Waals surface area contributed by atoms with Crippen LogP contribution in [0, 0.1) is 0 Å². The minimum Gasteiger partial charge on any atom is -0.490 e. The summed E-state index contributed by atoms with van der Waals surface area (Å²) in [6, 6.07) is 14.8. The Balaban J connectivity index is 1.79. The van der Waals surface area contributed by atoms with Gasteiger partial charge in [-0.3, -0.25) is 0 Å². The summed E-state index contributed by atoms with van der Waals surface area (Å²) in [6.45, 7) is 2.74. The third kappa shape index (κ3) is 8.41. The topological polar surface area (TPSA) is 9.23 Å². The average Bonchev–Trinajstić information content (AvgIpc) is 2.69. The maximum atomic E-state index is 6.50. The van der Waals surface area contributed by atoms with E-state index in [1.165, 1.54) is 54.3 Å². The van der Waals surface area contributed by atoms with Gasteiger partial charge in [0.05, 0.1) is 0 Å². The minimum atomic E-state index is 0.492. The highest BCUT2D eigenvalue weighted by Crippen LogP contribution is 2.22. The van der Waals surface area contributed by atoms with Gasteiger partial charge in [-0.05, 0) is 66.6 Å². The second kappa shape index (κ2) is 12.9. The van der Waals surface area contributed by atoms with Crippen molar-refractivity contribution in [3.8, 4) is 5.75 Å². The van der Waals surface area contributed by atoms with Crippen LogP contribution in [0.1, 0.15) is 55.7 Å². The predicted octanol–water partition coefficient (Wildman–Crippen LogP) is 7.77. The fourth-order valence-electron chi connectivity index (χ4n) is 3.09. The normalized spacial score (nSPS) is 11.2. The molecule has 0 aliphatic rings. The van der Waals surface area contributed by atoms with Gasteiger partial charge < -0.3 is 4.74 Å². The Morgan fingerprint density at radius 3 is 2.26 bits per heavy atom. The Labute approximate surface area is 174 Å². The summed E-state index contributed by atoms with van der Waals surface area (Å²) < 4.78 is 5.56. The van der Waals surface area contributed by atoms with E-state index in [0.717, 1.165) is 30.0 Å². The van der Waals surface area contributed by atoms with E-state index in [-0.39, 0.29) is 0 Å². The first-order valence-corrected chi connectivity index (χ1v) is 10.8. The molecule has 0 amide bonds. The molecule has 0 aliphatic heterocycles. The van der Waals surface area contributed by atoms with E-state index in [2.05, 4.69) is 37.3 Å². The monoisotopic (exact) mass is 404 g/mol. The summed E-state index contributed by atoms with van der Waals surface area (Å²) in [6.07, 6.45) is 11.3. The van der Waals surface area contributed by atoms with Crippen molar-refractivity contribution >= 4 is 23.2 Å². The third-order valence-corrected chi connectivity index (χ3v) is 5.26. The minimum absolute atomic E-state index is 0.492. The van der Waals surface area contributed by atoms with E-state index in [0.29, 0.717) is 6.61 Å². The van der Waals surface area contributed by atoms with Crippen molar-refractivity contribution in [1.82, 2.24) is 0 Å². The van der Waals surface area contributed by atoms with Gasteiger partial charge in [-0.2, -0.15) is 0 Å². The summed E-state index contributed by atoms with van der Waals surface area (Å²) >= 11 is 12.0. The van der Waals surface area contributed by atoms with Crippen LogP contribution in [0.5, 0.6) is 5.75 Å². The van der Waals surface area contributed by atoms with Crippen LogP contribution in [-0.2, 0) is 19.3 Å². The van der Waals surface area contributed by atoms with Crippen LogP contribution in [0.15, 0.2) is 54.1 Å². The molecule has 27 heavy (non-hydrogen) atoms. The second-order valence-corrected chi connectivity index (χ2v) is 7.57. The van der Waals surface area contributed by atoms with Gasteiger partial charge in [-0.25, -0.2) is 0 Å². The van der Waals surface area contributed by atoms with Crippen LogP contribution in [0.2, 0.25) is 5.02 Å². The molecular formula is C24H30Cl2O. The number of unbranched alkanes of at least 4 members (excludes halogenated alkanes) is 4. The Morgan fingerprint density at radius 2 is 1.56 bits per heavy atom. The number of hydrogen-bond acceptors (Lipinski definition) is 1. The van der Waals surface area contributed by atoms with E-state index in [1.807, 2.05) is 12.1 Å². The summed E-state index contributed by atoms with van der Waals surface area (Å²) in [5.41, 5.74) is 5.34. The molecule has 3 heteroatoms. The van der Waals surface area contributed by atoms with Gasteiger partial charge in [0.15, 0.2) is 0 Å². The molecule has 0 N–H and O–H groups in total. The molecule has 0 spiro atoms. The summed E-state index contributed by atoms with van der Waals surface area (Å²) in [4.78, 5) is 0. The molecule has 1 nitrogen and oxygen atoms in total. The van der Waals surface area contributed by atoms with Crippen LogP contribution in [0.4, 0.5) is 0 Å². The SMILES string of the molecule is CCCCCCCc1ccc(CCc2ccc(OCC=CCl)cc2)cc1Cl. The van der Waals surface area contributed by atoms with Crippen molar-refractivity contribution in [3.05, 3.63) is 75.8 Å². The van der Waals surface area contributed by atoms with Crippen molar-refractivity contribution in [2.45, 2.75) is 58.3 Å². The third-order valence-electron chi connectivity index (χ3n) is 4.73. The van der Waals surface area contributed by atoms with Crippen molar-refractivity contribution in [3.63, 3.8) is 0 Å². The zero-order valence-electron chi connectivity index (χ0n) is 16.2. The molecule has 2 aromatic rings. The lowest BCUT2D eigenvalue weighted by molar-refractivity contribution is 0.363. The predicted molar refractivity (Wildman–Crippen MR) is 118 cm³/mol. The Hall–Kier alpha value is -1.44. The molecule has 0 unspecified atom stereocenters. The Bertz CT molecular complexity index is 692. The number of rotatable bonds is 12. The highest BCUT2D eigenvalue weighted by molar-refractivity contribution is 6.31. The number of halogens is 2. The second-order valence-electron chi connectivity index (χ2n) is 6.91. The van der Waals surface area contributed by atoms with Crippen LogP contribution in [0.25, 0.3) is 0 Å². The number of hydrogen-bond donors (Lipinski definition) is 0. The van der Waals surface area contributed by atoms with Gasteiger partial charge in [0.2, 0.25) is 0 Å². The maximum Gasteiger partial charge on any atom is 0.119 e. The quantitative estimate of drug-likeness (QED) is 0.328. The molecule has 0 fully saturated rings. The molecule has 2 aromatic carbocycles. The van der Waals surface area contributed by atoms with Crippen LogP contribution >= 0.6 is 23.2 Å². The molecule has 146 valence electrons. The van der Waals surface area contributed by atoms with Crippen LogP contribution in [0.3, 0.4) is 0 Å². The van der Waals surface area contributed by atoms with Crippen molar-refractivity contribution in [2.24, 2.45) is 0 Å². The fourth-order valence-corrected chi connectivity index (χ4v) is 3.46. The van der Waals surface area contributed by atoms with E-state index >= 15 is 0 Å². The van der Waals surface area contributed by atoms with E-state index < -0.39 is 0 Å². The zero-order valence-corrected chi connectivity index (χ0v) is 17.7. The van der Waals surface area contributed by atoms with Crippen molar-refractivity contribution < 1.29 is 4.74 Å². The lowest BCUT2D eigenvalue weighted by Gasteiger charge is -2.08. The van der Waals surface area contributed by atoms with Gasteiger partial charge in [-0.15, -0.1) is 0 Å². The summed E-state index contributed by atoms with van der Waals surface area (Å²) in [5.74, 6) is 0.861. The number of benzene rings is 2. The lowest BCUT2D eigenvalue weighted by atomic mass is 10.0. The summed E-state index contributed by atoms with van der Waals surface area (Å²) in [7, 11) is 0. The van der Waals surface area contributed by atoms with E-state index in [4.69, 9.17) is 27.9 Å². The molecule has 0 heterocycles. The average molecular weight is 405 g/mol. The highest BCUT2D eigenvalue weighted by atomic mass is 35.5. The van der Waals surface area contributed by atoms with Gasteiger partial charge in [0, 0.05) is 10.6 Å². The number of ether oxygens (including phenoxy) is 1. The Kier molecular flexibility index (Phi) is 10.4. The van der Waals surface area contributed by atoms with Crippen molar-refractivity contribution in [2.75, 3.05) is 6.61 Å². The van der Waals surface area contributed by atoms with Gasteiger partial charge in [0.1, 0.15) is 12.4 Å². The van der Waals surface area contributed by atoms with Gasteiger partial charge in [0.25, 0.3) is 0 Å². The molecule has 0 saturated heterocycles. The van der Waals surface area contributed by atoms with E-state index in [1.54, 1.807) is 6.08 Å². The standard InChI is InChI=1S/C24H30Cl2O/c1-2-3-4-5-6-8-22-14-11-21(19-24(22)26)10-9-20-12-15-23(16-13-20)27-18-7-17-25/h7,11-17,19H,2-6,8-10,18H2,1H3. The maximum absolute atomic E-state index is 6.50. The molecular weight excluding hydrogens is 375 g/mol. The molecule has 0 radical (unpaired) electrons. The first-order chi connectivity index (χ1) is 13.2. The molecule has 0 atom stereocenters. The first-order valence-electron chi connectivity index (χ1n) is 9.97. The van der Waals surface area contributed by atoms with E-state index in [9.17, 15) is 0 Å². The fraction of sp³-hybridized carbons (Fsp3) is 0.417. The highest BCUT2D eigenvalue weighted by Gasteiger charge is 2.04. The first kappa shape index (κ1) is 21.9. The van der Waals surface area contributed by atoms with Crippen LogP contribution in [-0.4, -0.2) is 6.61 Å². The molecule has 2 rings (SSSR count). The molecule has 0 bridgehead atoms.